The van der Waals surface area contributed by atoms with Gasteiger partial charge in [-0.1, -0.05) is 37.8 Å². The molecule has 0 saturated carbocycles. The number of alkyl halides is 1. The number of ketones is 1. The summed E-state index contributed by atoms with van der Waals surface area (Å²) in [6, 6.07) is 7.56. The topological polar surface area (TPSA) is 17.1 Å². The minimum Gasteiger partial charge on any atom is -0.309 e. The maximum Gasteiger partial charge on any atom is 0.200 e. The van der Waals surface area contributed by atoms with Crippen LogP contribution in [0.4, 0.5) is 0 Å². The normalized spacial score (nSPS) is 14.8. The Bertz CT molecular complexity index is 502. The van der Waals surface area contributed by atoms with Gasteiger partial charge in [0, 0.05) is 17.5 Å². The van der Waals surface area contributed by atoms with Crippen molar-refractivity contribution in [1.82, 2.24) is 0 Å². The van der Waals surface area contributed by atoms with Crippen molar-refractivity contribution < 1.29 is 9.28 Å². The van der Waals surface area contributed by atoms with Gasteiger partial charge in [-0.3, -0.25) is 4.79 Å². The number of nitrogens with zero attached hydrogens (tertiary/aromatic N) is 1. The lowest BCUT2D eigenvalue weighted by Crippen LogP contribution is -2.51. The first-order chi connectivity index (χ1) is 8.65. The zero-order valence-electron chi connectivity index (χ0n) is 12.5. The third kappa shape index (κ3) is 2.90. The highest BCUT2D eigenvalue weighted by Crippen LogP contribution is 2.40. The van der Waals surface area contributed by atoms with E-state index in [1.807, 2.05) is 52.3 Å². The average molecular weight is 281 g/mol. The lowest BCUT2D eigenvalue weighted by molar-refractivity contribution is -0.916. The van der Waals surface area contributed by atoms with Gasteiger partial charge in [-0.25, -0.2) is 0 Å². The number of benzene rings is 1. The quantitative estimate of drug-likeness (QED) is 0.262. The van der Waals surface area contributed by atoms with Crippen LogP contribution >= 0.6 is 11.6 Å². The molecule has 1 aromatic rings. The highest BCUT2D eigenvalue weighted by Gasteiger charge is 2.43. The second kappa shape index (κ2) is 5.48. The molecule has 0 spiro atoms. The maximum absolute atomic E-state index is 12.3. The zero-order chi connectivity index (χ0) is 14.8. The molecule has 0 N–H and O–H groups in total. The van der Waals surface area contributed by atoms with Gasteiger partial charge in [-0.05, 0) is 24.1 Å². The summed E-state index contributed by atoms with van der Waals surface area (Å²) >= 11 is 6.87. The highest BCUT2D eigenvalue weighted by molar-refractivity contribution is 6.24. The average Bonchev–Trinajstić information content (AvgIpc) is 2.35. The third-order valence-electron chi connectivity index (χ3n) is 3.50. The van der Waals surface area contributed by atoms with Crippen LogP contribution in [0.5, 0.6) is 0 Å². The summed E-state index contributed by atoms with van der Waals surface area (Å²) in [5.74, 6) is -0.0393. The predicted octanol–water partition coefficient (Wildman–Crippen LogP) is 3.95. The first-order valence-electron chi connectivity index (χ1n) is 6.45. The number of carbonyl (C=O) groups is 1. The van der Waals surface area contributed by atoms with E-state index in [4.69, 9.17) is 11.6 Å². The number of halogens is 1. The van der Waals surface area contributed by atoms with Gasteiger partial charge in [0.25, 0.3) is 0 Å². The fourth-order valence-electron chi connectivity index (χ4n) is 2.27. The van der Waals surface area contributed by atoms with Crippen LogP contribution in [0.3, 0.4) is 0 Å². The van der Waals surface area contributed by atoms with Crippen LogP contribution in [0.25, 0.3) is 0 Å². The summed E-state index contributed by atoms with van der Waals surface area (Å²) in [4.78, 5) is 11.7. The number of Topliss-reactive ketones (excluding diaryl/α,β-unsaturated/α-hetero) is 1. The molecule has 1 aromatic carbocycles. The monoisotopic (exact) mass is 280 g/mol. The van der Waals surface area contributed by atoms with Crippen LogP contribution in [0, 0.1) is 0 Å². The van der Waals surface area contributed by atoms with Crippen molar-refractivity contribution in [3.63, 3.8) is 0 Å². The van der Waals surface area contributed by atoms with Gasteiger partial charge in [0.15, 0.2) is 10.8 Å². The van der Waals surface area contributed by atoms with Crippen LogP contribution in [0.2, 0.25) is 0 Å². The molecule has 1 unspecified atom stereocenters. The molecule has 0 radical (unpaired) electrons. The lowest BCUT2D eigenvalue weighted by Gasteiger charge is -2.42. The standard InChI is InChI=1S/C16H23ClNO/c1-7-16(17,18(4,5)6)14-11-9-8-10-13(14)15(19)12(2)3/h8-11H,2,7H2,1,3-6H3/q+1. The van der Waals surface area contributed by atoms with E-state index in [9.17, 15) is 4.79 Å². The highest BCUT2D eigenvalue weighted by atomic mass is 35.5. The van der Waals surface area contributed by atoms with Gasteiger partial charge in [0.1, 0.15) is 0 Å². The molecule has 0 aliphatic rings. The van der Waals surface area contributed by atoms with Crippen molar-refractivity contribution in [2.75, 3.05) is 21.1 Å². The molecule has 0 aliphatic carbocycles. The van der Waals surface area contributed by atoms with Gasteiger partial charge in [0.2, 0.25) is 0 Å². The number of carbonyl (C=O) groups excluding carboxylic acids is 1. The number of rotatable bonds is 5. The molecule has 1 atom stereocenters. The number of hydrogen-bond acceptors (Lipinski definition) is 1. The Morgan fingerprint density at radius 3 is 2.26 bits per heavy atom. The largest absolute Gasteiger partial charge is 0.309 e. The molecular weight excluding hydrogens is 258 g/mol. The molecule has 3 heteroatoms. The van der Waals surface area contributed by atoms with Crippen LogP contribution < -0.4 is 0 Å². The van der Waals surface area contributed by atoms with Crippen molar-refractivity contribution in [3.8, 4) is 0 Å². The first-order valence-corrected chi connectivity index (χ1v) is 6.83. The van der Waals surface area contributed by atoms with Gasteiger partial charge in [-0.2, -0.15) is 0 Å². The molecule has 0 aromatic heterocycles. The minimum absolute atomic E-state index is 0.0393. The Labute approximate surface area is 121 Å². The minimum atomic E-state index is -0.623. The molecule has 0 amide bonds. The fourth-order valence-corrected chi connectivity index (χ4v) is 2.44. The van der Waals surface area contributed by atoms with Crippen molar-refractivity contribution in [2.24, 2.45) is 0 Å². The molecule has 2 nitrogen and oxygen atoms in total. The Kier molecular flexibility index (Phi) is 4.59. The zero-order valence-corrected chi connectivity index (χ0v) is 13.2. The second-order valence-corrected chi connectivity index (χ2v) is 6.41. The van der Waals surface area contributed by atoms with Crippen molar-refractivity contribution in [3.05, 3.63) is 47.5 Å². The van der Waals surface area contributed by atoms with Gasteiger partial charge in [-0.15, -0.1) is 0 Å². The lowest BCUT2D eigenvalue weighted by atomic mass is 9.91. The molecule has 0 aliphatic heterocycles. The number of quaternary nitrogens is 1. The first kappa shape index (κ1) is 15.9. The molecule has 19 heavy (non-hydrogen) atoms. The number of allylic oxidation sites excluding steroid dienone is 1. The Hall–Kier alpha value is -1.12. The summed E-state index contributed by atoms with van der Waals surface area (Å²) in [5.41, 5.74) is 2.06. The van der Waals surface area contributed by atoms with Gasteiger partial charge >= 0.3 is 0 Å². The molecule has 0 bridgehead atoms. The Morgan fingerprint density at radius 2 is 1.84 bits per heavy atom. The van der Waals surface area contributed by atoms with Crippen LogP contribution in [0.15, 0.2) is 36.4 Å². The van der Waals surface area contributed by atoms with Crippen molar-refractivity contribution in [1.29, 1.82) is 0 Å². The summed E-state index contributed by atoms with van der Waals surface area (Å²) in [6.07, 6.45) is 0.735. The van der Waals surface area contributed by atoms with E-state index >= 15 is 0 Å². The van der Waals surface area contributed by atoms with Gasteiger partial charge < -0.3 is 4.48 Å². The van der Waals surface area contributed by atoms with E-state index in [0.717, 1.165) is 12.0 Å². The fraction of sp³-hybridized carbons (Fsp3) is 0.438. The van der Waals surface area contributed by atoms with Crippen molar-refractivity contribution in [2.45, 2.75) is 25.3 Å². The van der Waals surface area contributed by atoms with Crippen molar-refractivity contribution >= 4 is 17.4 Å². The molecular formula is C16H23ClNO+. The molecule has 0 fully saturated rings. The second-order valence-electron chi connectivity index (χ2n) is 5.78. The Morgan fingerprint density at radius 1 is 1.32 bits per heavy atom. The molecule has 104 valence electrons. The van der Waals surface area contributed by atoms with Crippen LogP contribution in [-0.4, -0.2) is 31.4 Å². The maximum atomic E-state index is 12.3. The van der Waals surface area contributed by atoms with E-state index in [1.165, 1.54) is 0 Å². The number of hydrogen-bond donors (Lipinski definition) is 0. The van der Waals surface area contributed by atoms with Crippen LogP contribution in [0.1, 0.15) is 36.2 Å². The van der Waals surface area contributed by atoms with Gasteiger partial charge in [0.05, 0.1) is 21.1 Å². The summed E-state index contributed by atoms with van der Waals surface area (Å²) in [6.45, 7) is 7.51. The van der Waals surface area contributed by atoms with E-state index in [-0.39, 0.29) is 5.78 Å². The van der Waals surface area contributed by atoms with Crippen LogP contribution in [-0.2, 0) is 5.00 Å². The van der Waals surface area contributed by atoms with E-state index < -0.39 is 5.00 Å². The Balaban J connectivity index is 3.51. The van der Waals surface area contributed by atoms with E-state index in [2.05, 4.69) is 6.58 Å². The molecule has 0 saturated heterocycles. The third-order valence-corrected chi connectivity index (χ3v) is 4.48. The van der Waals surface area contributed by atoms with E-state index in [1.54, 1.807) is 6.92 Å². The van der Waals surface area contributed by atoms with E-state index in [0.29, 0.717) is 15.6 Å². The molecule has 0 heterocycles. The summed E-state index contributed by atoms with van der Waals surface area (Å²) < 4.78 is 0.547. The summed E-state index contributed by atoms with van der Waals surface area (Å²) in [5, 5.41) is 0. The predicted molar refractivity (Wildman–Crippen MR) is 81.4 cm³/mol. The summed E-state index contributed by atoms with van der Waals surface area (Å²) in [7, 11) is 6.12. The smallest absolute Gasteiger partial charge is 0.200 e. The SMILES string of the molecule is C=C(C)C(=O)c1ccccc1C(Cl)(CC)[N+](C)(C)C. The molecule has 1 rings (SSSR count).